The lowest BCUT2D eigenvalue weighted by Crippen LogP contribution is -2.29. The van der Waals surface area contributed by atoms with E-state index in [1.807, 2.05) is 11.3 Å². The highest BCUT2D eigenvalue weighted by atomic mass is 32.1. The fourth-order valence-electron chi connectivity index (χ4n) is 13.6. The summed E-state index contributed by atoms with van der Waals surface area (Å²) in [5.41, 5.74) is 25.0. The molecular weight excluding hydrogens is 903 g/mol. The van der Waals surface area contributed by atoms with E-state index in [-0.39, 0.29) is 5.41 Å². The van der Waals surface area contributed by atoms with Crippen LogP contribution in [-0.4, -0.2) is 0 Å². The molecule has 2 heterocycles. The highest BCUT2D eigenvalue weighted by Crippen LogP contribution is 2.64. The third kappa shape index (κ3) is 5.47. The van der Waals surface area contributed by atoms with Gasteiger partial charge in [0.2, 0.25) is 0 Å². The number of para-hydroxylation sites is 2. The Morgan fingerprint density at radius 2 is 0.795 bits per heavy atom. The minimum atomic E-state index is -0.675. The van der Waals surface area contributed by atoms with Crippen molar-refractivity contribution in [3.05, 3.63) is 270 Å². The van der Waals surface area contributed by atoms with Crippen molar-refractivity contribution in [1.82, 2.24) is 0 Å². The average molecular weight is 948 g/mol. The molecule has 0 bridgehead atoms. The fraction of sp³-hybridized carbons (Fsp3) is 0.0571. The lowest BCUT2D eigenvalue weighted by molar-refractivity contribution is 0.488. The molecule has 0 amide bonds. The van der Waals surface area contributed by atoms with Gasteiger partial charge in [-0.25, -0.2) is 0 Å². The van der Waals surface area contributed by atoms with Crippen molar-refractivity contribution in [3.8, 4) is 78.3 Å². The summed E-state index contributed by atoms with van der Waals surface area (Å²) in [6.07, 6.45) is 0. The van der Waals surface area contributed by atoms with Crippen LogP contribution in [0.3, 0.4) is 0 Å². The number of hydrogen-bond acceptors (Lipinski definition) is 3. The van der Waals surface area contributed by atoms with Crippen LogP contribution in [0.15, 0.2) is 237 Å². The summed E-state index contributed by atoms with van der Waals surface area (Å²) in [4.78, 5) is 2.52. The van der Waals surface area contributed by atoms with Crippen molar-refractivity contribution in [1.29, 1.82) is 0 Å². The molecule has 1 spiro atoms. The van der Waals surface area contributed by atoms with Gasteiger partial charge in [0.15, 0.2) is 0 Å². The molecule has 2 nitrogen and oxygen atoms in total. The van der Waals surface area contributed by atoms with E-state index in [1.165, 1.54) is 98.1 Å². The summed E-state index contributed by atoms with van der Waals surface area (Å²) < 4.78 is 9.36. The summed E-state index contributed by atoms with van der Waals surface area (Å²) in [5.74, 6) is 1.71. The maximum atomic E-state index is 6.73. The number of nitrogens with zero attached hydrogens (tertiary/aromatic N) is 1. The Bertz CT molecular complexity index is 4360. The summed E-state index contributed by atoms with van der Waals surface area (Å²) >= 11 is 1.90. The number of thiophene rings is 1. The summed E-state index contributed by atoms with van der Waals surface area (Å²) in [6.45, 7) is 4.76. The quantitative estimate of drug-likeness (QED) is 0.175. The number of ether oxygens (including phenoxy) is 1. The van der Waals surface area contributed by atoms with E-state index in [0.29, 0.717) is 0 Å². The van der Waals surface area contributed by atoms with Crippen molar-refractivity contribution in [3.63, 3.8) is 0 Å². The van der Waals surface area contributed by atoms with Gasteiger partial charge >= 0.3 is 0 Å². The predicted molar refractivity (Wildman–Crippen MR) is 304 cm³/mol. The first-order valence-corrected chi connectivity index (χ1v) is 26.2. The van der Waals surface area contributed by atoms with Gasteiger partial charge in [-0.15, -0.1) is 11.3 Å². The lowest BCUT2D eigenvalue weighted by atomic mass is 9.65. The van der Waals surface area contributed by atoms with Gasteiger partial charge in [0.05, 0.1) is 5.41 Å². The third-order valence-corrected chi connectivity index (χ3v) is 17.8. The average Bonchev–Trinajstić information content (AvgIpc) is 3.98. The van der Waals surface area contributed by atoms with Crippen LogP contribution in [0.1, 0.15) is 47.2 Å². The minimum Gasteiger partial charge on any atom is -0.456 e. The van der Waals surface area contributed by atoms with E-state index < -0.39 is 5.41 Å². The standard InChI is InChI=1S/C70H45NOS/c1-69(2)57-25-11-5-20-49(57)51-36-33-43(40-61(51)69)71(42-31-34-47-52-21-8-14-28-63(52)72-64-29-15-9-22-53(64)56(47)39-42)44-32-35-50-46-18-4-3-17-45(46)48-19-6-12-26-58(48)70(62(50)41-44)59-27-13-7-23-54(59)67-60(70)37-38-66-68(67)55-24-10-16-30-65(55)73-66/h3-41H,1-2H3. The molecule has 16 rings (SSSR count). The molecule has 1 unspecified atom stereocenters. The van der Waals surface area contributed by atoms with Gasteiger partial charge in [0.25, 0.3) is 0 Å². The molecule has 0 N–H and O–H groups in total. The molecule has 0 radical (unpaired) electrons. The highest BCUT2D eigenvalue weighted by molar-refractivity contribution is 7.26. The molecule has 342 valence electrons. The van der Waals surface area contributed by atoms with Crippen LogP contribution in [0.25, 0.3) is 86.9 Å². The molecule has 1 atom stereocenters. The van der Waals surface area contributed by atoms with Crippen LogP contribution in [-0.2, 0) is 10.8 Å². The molecule has 73 heavy (non-hydrogen) atoms. The Labute approximate surface area is 428 Å². The monoisotopic (exact) mass is 947 g/mol. The minimum absolute atomic E-state index is 0.193. The Kier molecular flexibility index (Phi) is 8.35. The second-order valence-electron chi connectivity index (χ2n) is 20.6. The van der Waals surface area contributed by atoms with E-state index in [1.54, 1.807) is 0 Å². The van der Waals surface area contributed by atoms with Crippen LogP contribution in [0.5, 0.6) is 11.5 Å². The van der Waals surface area contributed by atoms with Gasteiger partial charge in [0.1, 0.15) is 11.5 Å². The Morgan fingerprint density at radius 1 is 0.329 bits per heavy atom. The normalized spacial score (nSPS) is 15.5. The molecule has 0 fully saturated rings. The molecule has 12 aromatic rings. The first-order chi connectivity index (χ1) is 36.0. The van der Waals surface area contributed by atoms with E-state index in [2.05, 4.69) is 255 Å². The van der Waals surface area contributed by atoms with Gasteiger partial charge in [-0.3, -0.25) is 0 Å². The molecular formula is C70H45NOS. The van der Waals surface area contributed by atoms with Gasteiger partial charge in [0, 0.05) is 53.8 Å². The second-order valence-corrected chi connectivity index (χ2v) is 21.7. The van der Waals surface area contributed by atoms with Gasteiger partial charge in [-0.05, 0) is 150 Å². The molecule has 4 aliphatic rings. The first kappa shape index (κ1) is 40.9. The highest BCUT2D eigenvalue weighted by Gasteiger charge is 2.51. The largest absolute Gasteiger partial charge is 0.456 e. The Morgan fingerprint density at radius 3 is 1.49 bits per heavy atom. The van der Waals surface area contributed by atoms with Crippen LogP contribution < -0.4 is 9.64 Å². The SMILES string of the molecule is CC1(C)c2ccccc2-c2ccc(N(c3ccc4c(c3)-c3ccccc3Oc3ccccc3-4)c3ccc4c(c3)C3(c5ccccc5-c5ccccc5-4)c4ccccc4-c4c3ccc3sc5ccccc5c43)cc21. The molecule has 1 aromatic heterocycles. The Hall–Kier alpha value is -8.76. The van der Waals surface area contributed by atoms with Crippen molar-refractivity contribution >= 4 is 48.6 Å². The smallest absolute Gasteiger partial charge is 0.135 e. The molecule has 0 saturated carbocycles. The van der Waals surface area contributed by atoms with E-state index >= 15 is 0 Å². The summed E-state index contributed by atoms with van der Waals surface area (Å²) in [6, 6.07) is 88.9. The zero-order valence-electron chi connectivity index (χ0n) is 40.3. The number of fused-ring (bicyclic) bond motifs is 24. The zero-order valence-corrected chi connectivity index (χ0v) is 41.1. The van der Waals surface area contributed by atoms with Crippen molar-refractivity contribution in [2.75, 3.05) is 4.90 Å². The Balaban J connectivity index is 1.02. The third-order valence-electron chi connectivity index (χ3n) is 16.7. The predicted octanol–water partition coefficient (Wildman–Crippen LogP) is 19.3. The van der Waals surface area contributed by atoms with Crippen LogP contribution in [0, 0.1) is 0 Å². The topological polar surface area (TPSA) is 12.5 Å². The second kappa shape index (κ2) is 14.9. The maximum Gasteiger partial charge on any atom is 0.135 e. The first-order valence-electron chi connectivity index (χ1n) is 25.4. The number of rotatable bonds is 3. The fourth-order valence-corrected chi connectivity index (χ4v) is 14.7. The van der Waals surface area contributed by atoms with Crippen molar-refractivity contribution < 1.29 is 4.74 Å². The zero-order chi connectivity index (χ0) is 48.2. The lowest BCUT2D eigenvalue weighted by Gasteiger charge is -2.36. The van der Waals surface area contributed by atoms with Crippen LogP contribution in [0.2, 0.25) is 0 Å². The van der Waals surface area contributed by atoms with Gasteiger partial charge in [-0.2, -0.15) is 0 Å². The maximum absolute atomic E-state index is 6.73. The number of hydrogen-bond donors (Lipinski definition) is 0. The van der Waals surface area contributed by atoms with Crippen molar-refractivity contribution in [2.24, 2.45) is 0 Å². The molecule has 11 aromatic carbocycles. The van der Waals surface area contributed by atoms with Gasteiger partial charge in [-0.1, -0.05) is 190 Å². The van der Waals surface area contributed by atoms with E-state index in [4.69, 9.17) is 4.74 Å². The number of anilines is 3. The van der Waals surface area contributed by atoms with E-state index in [9.17, 15) is 0 Å². The van der Waals surface area contributed by atoms with E-state index in [0.717, 1.165) is 50.8 Å². The summed E-state index contributed by atoms with van der Waals surface area (Å²) in [5, 5.41) is 2.66. The molecule has 3 heteroatoms. The van der Waals surface area contributed by atoms with Crippen molar-refractivity contribution in [2.45, 2.75) is 24.7 Å². The van der Waals surface area contributed by atoms with Crippen LogP contribution >= 0.6 is 11.3 Å². The summed E-state index contributed by atoms with van der Waals surface area (Å²) in [7, 11) is 0. The van der Waals surface area contributed by atoms with Gasteiger partial charge < -0.3 is 9.64 Å². The molecule has 0 saturated heterocycles. The number of benzene rings is 11. The van der Waals surface area contributed by atoms with Crippen LogP contribution in [0.4, 0.5) is 17.1 Å². The molecule has 1 aliphatic heterocycles. The molecule has 3 aliphatic carbocycles.